The molecule has 0 saturated carbocycles. The minimum Gasteiger partial charge on any atom is -0.455 e. The molecule has 8 aromatic rings. The van der Waals surface area contributed by atoms with Gasteiger partial charge in [-0.2, -0.15) is 0 Å². The van der Waals surface area contributed by atoms with Gasteiger partial charge in [-0.3, -0.25) is 19.4 Å². The number of rotatable bonds is 23. The fourth-order valence-electron chi connectivity index (χ4n) is 15.2. The summed E-state index contributed by atoms with van der Waals surface area (Å²) in [5.74, 6) is 1.98. The van der Waals surface area contributed by atoms with Gasteiger partial charge in [-0.05, 0) is 179 Å². The highest BCUT2D eigenvalue weighted by Gasteiger charge is 2.36. The van der Waals surface area contributed by atoms with Crippen LogP contribution in [0.5, 0.6) is 11.5 Å². The maximum Gasteiger partial charge on any atom is 0.488 e. The second-order valence-corrected chi connectivity index (χ2v) is 25.8. The largest absolute Gasteiger partial charge is 0.488 e. The van der Waals surface area contributed by atoms with Gasteiger partial charge in [0.05, 0.1) is 5.56 Å². The summed E-state index contributed by atoms with van der Waals surface area (Å²) in [6.07, 6.45) is 11.2. The van der Waals surface area contributed by atoms with E-state index in [4.69, 9.17) is 4.74 Å². The molecule has 0 atom stereocenters. The van der Waals surface area contributed by atoms with E-state index in [0.29, 0.717) is 87.1 Å². The number of carbonyl (C=O) groups is 2. The average molecular weight is 1200 g/mol. The highest BCUT2D eigenvalue weighted by Crippen LogP contribution is 2.49. The van der Waals surface area contributed by atoms with Crippen molar-refractivity contribution in [2.24, 2.45) is 0 Å². The van der Waals surface area contributed by atoms with Crippen molar-refractivity contribution in [1.82, 2.24) is 19.7 Å². The predicted octanol–water partition coefficient (Wildman–Crippen LogP) is 8.86. The Morgan fingerprint density at radius 2 is 1.17 bits per heavy atom. The number of carbonyl (C=O) groups excluding carboxylic acids is 2. The molecule has 5 aliphatic heterocycles. The number of anilines is 1. The van der Waals surface area contributed by atoms with Crippen LogP contribution in [-0.4, -0.2) is 102 Å². The van der Waals surface area contributed by atoms with Crippen LogP contribution in [0.25, 0.3) is 38.2 Å². The van der Waals surface area contributed by atoms with Crippen LogP contribution in [0, 0.1) is 0 Å². The fourth-order valence-corrected chi connectivity index (χ4v) is 15.2. The Hall–Kier alpha value is -7.94. The lowest BCUT2D eigenvalue weighted by molar-refractivity contribution is -0.117. The normalized spacial score (nSPS) is 14.7. The van der Waals surface area contributed by atoms with Gasteiger partial charge >= 0.3 is 14.2 Å². The molecule has 0 saturated heterocycles. The van der Waals surface area contributed by atoms with E-state index in [1.54, 1.807) is 26.0 Å². The molecule has 0 bridgehead atoms. The Bertz CT molecular complexity index is 4290. The summed E-state index contributed by atoms with van der Waals surface area (Å²) >= 11 is 0. The third-order valence-corrected chi connectivity index (χ3v) is 19.6. The van der Waals surface area contributed by atoms with Gasteiger partial charge in [-0.1, -0.05) is 122 Å². The molecule has 8 aromatic carbocycles. The number of hydrogen-bond acceptors (Lipinski definition) is 10. The number of fused-ring (bicyclic) bond motifs is 6. The van der Waals surface area contributed by atoms with Crippen LogP contribution >= 0.6 is 0 Å². The number of hydrogen-bond donors (Lipinski definition) is 5. The van der Waals surface area contributed by atoms with Crippen molar-refractivity contribution in [2.75, 3.05) is 50.7 Å². The van der Waals surface area contributed by atoms with E-state index in [1.165, 1.54) is 55.2 Å². The van der Waals surface area contributed by atoms with Crippen LogP contribution in [0.15, 0.2) is 152 Å². The lowest BCUT2D eigenvalue weighted by Crippen LogP contribution is -2.45. The quantitative estimate of drug-likeness (QED) is 0.0138. The van der Waals surface area contributed by atoms with Crippen molar-refractivity contribution < 1.29 is 34.4 Å². The van der Waals surface area contributed by atoms with Crippen molar-refractivity contribution in [3.63, 3.8) is 0 Å². The van der Waals surface area contributed by atoms with E-state index in [1.807, 2.05) is 36.4 Å². The zero-order chi connectivity index (χ0) is 62.2. The summed E-state index contributed by atoms with van der Waals surface area (Å²) in [5, 5.41) is 52.5. The maximum atomic E-state index is 12.9. The molecule has 14 heteroatoms. The first-order valence-electron chi connectivity index (χ1n) is 32.7. The fraction of sp³-hybridized carbons (Fsp3) is 0.329. The van der Waals surface area contributed by atoms with Crippen molar-refractivity contribution in [2.45, 2.75) is 117 Å². The molecule has 0 aliphatic carbocycles. The van der Waals surface area contributed by atoms with Gasteiger partial charge < -0.3 is 35.0 Å². The second kappa shape index (κ2) is 26.5. The molecule has 0 spiro atoms. The number of unbranched alkanes of at least 4 members (excludes halogenated alkanes) is 1. The zero-order valence-electron chi connectivity index (χ0n) is 52.3. The summed E-state index contributed by atoms with van der Waals surface area (Å²) in [4.78, 5) is 32.9. The number of benzene rings is 8. The minimum atomic E-state index is -1.65. The Kier molecular flexibility index (Phi) is 17.9. The molecule has 5 aliphatic rings. The standard InChI is InChI=1S/C76H81B2N5O7/c1-49(2)70(84)28-11-12-36-80(45-56-18-5-9-26-68(56)77(86)87)48-67-59-23-8-7-22-58(59)66(47-81(37-17-35-79-76(85)50(3)4)46-57-19-6-10-27-69(57)78(88)89)60-34-33-53(42-63(60)67)51-29-31-52(32-30-51)71-64-43-54-20-13-38-82-40-15-24-61(72(54)82)74(64)90-75-62-25-16-41-83-39-14-21-55(73(62)83)44-65(71)75/h5-10,18-19,22-23,26-27,29-34,42-44,86-89H,1,3,11-17,20-21,24-25,28,35-41,45-48H2,2,4H3/p+1. The number of allylic oxidation sites excluding steroid dienone is 1. The van der Waals surface area contributed by atoms with Gasteiger partial charge in [0.15, 0.2) is 5.78 Å². The molecule has 13 rings (SSSR count). The number of Topliss-reactive ketones (excluding diaryl/α,β-unsaturated/α-hetero) is 1. The van der Waals surface area contributed by atoms with Gasteiger partial charge in [0.1, 0.15) is 24.6 Å². The third kappa shape index (κ3) is 12.3. The zero-order valence-corrected chi connectivity index (χ0v) is 52.3. The number of ketones is 1. The first-order valence-corrected chi connectivity index (χ1v) is 32.7. The van der Waals surface area contributed by atoms with Crippen molar-refractivity contribution in [3.8, 4) is 22.6 Å². The van der Waals surface area contributed by atoms with Crippen molar-refractivity contribution in [1.29, 1.82) is 0 Å². The Balaban J connectivity index is 0.956. The average Bonchev–Trinajstić information content (AvgIpc) is 0.735. The number of amides is 1. The molecular formula is C76H82B2N5O7+. The predicted molar refractivity (Wildman–Crippen MR) is 364 cm³/mol. The molecule has 0 fully saturated rings. The van der Waals surface area contributed by atoms with Crippen molar-refractivity contribution in [3.05, 3.63) is 218 Å². The number of nitrogens with zero attached hydrogens (tertiary/aromatic N) is 4. The van der Waals surface area contributed by atoms with Crippen LogP contribution in [0.1, 0.15) is 121 Å². The molecule has 5 heterocycles. The van der Waals surface area contributed by atoms with Gasteiger partial charge in [-0.15, -0.1) is 0 Å². The van der Waals surface area contributed by atoms with E-state index in [0.717, 1.165) is 150 Å². The van der Waals surface area contributed by atoms with E-state index < -0.39 is 14.2 Å². The molecule has 0 unspecified atom stereocenters. The second-order valence-electron chi connectivity index (χ2n) is 25.8. The van der Waals surface area contributed by atoms with E-state index >= 15 is 0 Å². The van der Waals surface area contributed by atoms with Crippen molar-refractivity contribution >= 4 is 69.7 Å². The number of nitrogens with one attached hydrogen (secondary N) is 1. The highest BCUT2D eigenvalue weighted by atomic mass is 16.5. The number of aryl methyl sites for hydroxylation is 2. The van der Waals surface area contributed by atoms with Crippen LogP contribution < -0.4 is 41.0 Å². The molecule has 12 nitrogen and oxygen atoms in total. The smallest absolute Gasteiger partial charge is 0.455 e. The molecule has 1 amide bonds. The maximum absolute atomic E-state index is 12.9. The van der Waals surface area contributed by atoms with Crippen LogP contribution in [0.4, 0.5) is 5.69 Å². The van der Waals surface area contributed by atoms with Crippen LogP contribution in [0.3, 0.4) is 0 Å². The van der Waals surface area contributed by atoms with Gasteiger partial charge in [0.2, 0.25) is 11.3 Å². The van der Waals surface area contributed by atoms with E-state index in [-0.39, 0.29) is 11.7 Å². The molecule has 458 valence electrons. The van der Waals surface area contributed by atoms with Gasteiger partial charge in [-0.25, -0.2) is 4.58 Å². The molecule has 0 aromatic heterocycles. The summed E-state index contributed by atoms with van der Waals surface area (Å²) in [7, 11) is -3.30. The first-order chi connectivity index (χ1) is 43.8. The van der Waals surface area contributed by atoms with Gasteiger partial charge in [0, 0.05) is 110 Å². The van der Waals surface area contributed by atoms with Crippen LogP contribution in [-0.2, 0) is 61.5 Å². The molecular weight excluding hydrogens is 1120 g/mol. The summed E-state index contributed by atoms with van der Waals surface area (Å²) in [6, 6.07) is 44.7. The summed E-state index contributed by atoms with van der Waals surface area (Å²) in [5.41, 5.74) is 18.6. The highest BCUT2D eigenvalue weighted by molar-refractivity contribution is 6.59. The monoisotopic (exact) mass is 1200 g/mol. The van der Waals surface area contributed by atoms with E-state index in [2.05, 4.69) is 117 Å². The minimum absolute atomic E-state index is 0.0604. The summed E-state index contributed by atoms with van der Waals surface area (Å²) in [6.45, 7) is 19.2. The van der Waals surface area contributed by atoms with Crippen LogP contribution in [0.2, 0.25) is 0 Å². The Morgan fingerprint density at radius 3 is 1.83 bits per heavy atom. The molecule has 0 radical (unpaired) electrons. The molecule has 90 heavy (non-hydrogen) atoms. The first kappa shape index (κ1) is 60.9. The SMILES string of the molecule is C=C(C)C(=O)CCCCN(Cc1ccccc1B(O)O)Cc1c2ccccc2c(CN(CCCNC(=O)C(=C)C)Cc2ccccc2B(O)O)c2ccc(-c3ccc(C4=c5cc6c7c(c5Oc5c4cc4c8c5CCCN8CCC4)CCC[N+]=7CCC6)cc3)cc12. The Labute approximate surface area is 529 Å². The third-order valence-electron chi connectivity index (χ3n) is 19.6. The van der Waals surface area contributed by atoms with E-state index in [9.17, 15) is 29.7 Å². The Morgan fingerprint density at radius 1 is 0.589 bits per heavy atom. The lowest BCUT2D eigenvalue weighted by Gasteiger charge is -2.39. The van der Waals surface area contributed by atoms with Gasteiger partial charge in [0.25, 0.3) is 0 Å². The molecule has 5 N–H and O–H groups in total. The number of ether oxygens (including phenoxy) is 1. The summed E-state index contributed by atoms with van der Waals surface area (Å²) < 4.78 is 10.0. The lowest BCUT2D eigenvalue weighted by atomic mass is 9.77. The topological polar surface area (TPSA) is 149 Å².